The van der Waals surface area contributed by atoms with Crippen LogP contribution in [-0.4, -0.2) is 19.3 Å². The van der Waals surface area contributed by atoms with E-state index < -0.39 is 20.5 Å². The molecular formula is C14H16F2N2O3S. The number of rotatable bonds is 5. The average molecular weight is 330 g/mol. The Hall–Kier alpha value is -1.96. The van der Waals surface area contributed by atoms with Crippen LogP contribution >= 0.6 is 0 Å². The molecule has 5 nitrogen and oxygen atoms in total. The SMILES string of the molecule is Cc1noc(C)c1C(C)Nc1ccc(S(=O)(=O)C(F)F)cc1. The molecule has 1 aromatic carbocycles. The van der Waals surface area contributed by atoms with Crippen LogP contribution in [0.4, 0.5) is 14.5 Å². The van der Waals surface area contributed by atoms with Gasteiger partial charge in [0.25, 0.3) is 0 Å². The molecular weight excluding hydrogens is 314 g/mol. The molecule has 120 valence electrons. The summed E-state index contributed by atoms with van der Waals surface area (Å²) in [5.74, 6) is -2.73. The number of hydrogen-bond donors (Lipinski definition) is 1. The normalized spacial score (nSPS) is 13.4. The van der Waals surface area contributed by atoms with E-state index >= 15 is 0 Å². The number of aryl methyl sites for hydroxylation is 2. The predicted octanol–water partition coefficient (Wildman–Crippen LogP) is 3.46. The zero-order chi connectivity index (χ0) is 16.5. The smallest absolute Gasteiger partial charge is 0.341 e. The lowest BCUT2D eigenvalue weighted by Crippen LogP contribution is -2.12. The standard InChI is InChI=1S/C14H16F2N2O3S/c1-8(13-9(2)18-21-10(13)3)17-11-4-6-12(7-5-11)22(19,20)14(15)16/h4-8,14,17H,1-3H3. The number of nitrogens with zero attached hydrogens (tertiary/aromatic N) is 1. The fraction of sp³-hybridized carbons (Fsp3) is 0.357. The molecule has 0 aliphatic heterocycles. The fourth-order valence-corrected chi connectivity index (χ4v) is 3.00. The van der Waals surface area contributed by atoms with Crippen LogP contribution in [0.2, 0.25) is 0 Å². The number of nitrogens with one attached hydrogen (secondary N) is 1. The fourth-order valence-electron chi connectivity index (χ4n) is 2.27. The molecule has 0 aliphatic rings. The van der Waals surface area contributed by atoms with E-state index in [9.17, 15) is 17.2 Å². The first-order chi connectivity index (χ1) is 10.2. The zero-order valence-corrected chi connectivity index (χ0v) is 13.1. The van der Waals surface area contributed by atoms with Gasteiger partial charge in [0, 0.05) is 11.3 Å². The summed E-state index contributed by atoms with van der Waals surface area (Å²) in [5.41, 5.74) is 2.28. The second-order valence-electron chi connectivity index (χ2n) is 4.93. The van der Waals surface area contributed by atoms with Crippen molar-refractivity contribution < 1.29 is 21.7 Å². The van der Waals surface area contributed by atoms with E-state index in [1.54, 1.807) is 6.92 Å². The Morgan fingerprint density at radius 3 is 2.23 bits per heavy atom. The molecule has 0 spiro atoms. The highest BCUT2D eigenvalue weighted by Crippen LogP contribution is 2.26. The van der Waals surface area contributed by atoms with E-state index in [0.717, 1.165) is 23.4 Å². The molecule has 0 radical (unpaired) electrons. The number of alkyl halides is 2. The maximum Gasteiger partial charge on any atom is 0.341 e. The third kappa shape index (κ3) is 3.11. The van der Waals surface area contributed by atoms with Crippen LogP contribution < -0.4 is 5.32 Å². The molecule has 1 atom stereocenters. The topological polar surface area (TPSA) is 72.2 Å². The Morgan fingerprint density at radius 1 is 1.18 bits per heavy atom. The van der Waals surface area contributed by atoms with E-state index in [2.05, 4.69) is 10.5 Å². The average Bonchev–Trinajstić information content (AvgIpc) is 2.78. The van der Waals surface area contributed by atoms with E-state index in [1.165, 1.54) is 12.1 Å². The largest absolute Gasteiger partial charge is 0.378 e. The van der Waals surface area contributed by atoms with Crippen LogP contribution in [0.25, 0.3) is 0 Å². The van der Waals surface area contributed by atoms with Crippen LogP contribution in [0.5, 0.6) is 0 Å². The van der Waals surface area contributed by atoms with Crippen molar-refractivity contribution in [3.63, 3.8) is 0 Å². The van der Waals surface area contributed by atoms with Crippen molar-refractivity contribution in [2.24, 2.45) is 0 Å². The van der Waals surface area contributed by atoms with Gasteiger partial charge in [-0.1, -0.05) is 5.16 Å². The number of benzene rings is 1. The lowest BCUT2D eigenvalue weighted by atomic mass is 10.1. The van der Waals surface area contributed by atoms with Gasteiger partial charge in [-0.15, -0.1) is 0 Å². The number of aromatic nitrogens is 1. The van der Waals surface area contributed by atoms with E-state index in [0.29, 0.717) is 11.4 Å². The molecule has 0 fully saturated rings. The first kappa shape index (κ1) is 16.4. The number of halogens is 2. The minimum atomic E-state index is -4.56. The van der Waals surface area contributed by atoms with Crippen molar-refractivity contribution in [2.75, 3.05) is 5.32 Å². The lowest BCUT2D eigenvalue weighted by Gasteiger charge is -2.15. The van der Waals surface area contributed by atoms with Gasteiger partial charge in [0.15, 0.2) is 0 Å². The van der Waals surface area contributed by atoms with Crippen LogP contribution in [0, 0.1) is 13.8 Å². The molecule has 1 N–H and O–H groups in total. The zero-order valence-electron chi connectivity index (χ0n) is 12.3. The summed E-state index contributed by atoms with van der Waals surface area (Å²) < 4.78 is 52.7. The highest BCUT2D eigenvalue weighted by atomic mass is 32.2. The van der Waals surface area contributed by atoms with Crippen LogP contribution in [0.1, 0.15) is 30.0 Å². The Morgan fingerprint density at radius 2 is 1.77 bits per heavy atom. The number of anilines is 1. The highest BCUT2D eigenvalue weighted by molar-refractivity contribution is 7.91. The summed E-state index contributed by atoms with van der Waals surface area (Å²) >= 11 is 0. The maximum atomic E-state index is 12.5. The quantitative estimate of drug-likeness (QED) is 0.909. The van der Waals surface area contributed by atoms with E-state index in [4.69, 9.17) is 4.52 Å². The summed E-state index contributed by atoms with van der Waals surface area (Å²) in [6, 6.07) is 5.09. The molecule has 2 aromatic rings. The predicted molar refractivity (Wildman–Crippen MR) is 77.6 cm³/mol. The second-order valence-corrected chi connectivity index (χ2v) is 6.85. The Balaban J connectivity index is 2.19. The van der Waals surface area contributed by atoms with Gasteiger partial charge in [0.05, 0.1) is 16.6 Å². The molecule has 8 heteroatoms. The molecule has 0 saturated carbocycles. The Bertz CT molecular complexity index is 735. The third-order valence-corrected chi connectivity index (χ3v) is 4.72. The van der Waals surface area contributed by atoms with Gasteiger partial charge in [0.1, 0.15) is 5.76 Å². The molecule has 22 heavy (non-hydrogen) atoms. The molecule has 2 rings (SSSR count). The van der Waals surface area contributed by atoms with Crippen LogP contribution in [-0.2, 0) is 9.84 Å². The molecule has 0 bridgehead atoms. The molecule has 0 saturated heterocycles. The van der Waals surface area contributed by atoms with Crippen molar-refractivity contribution in [1.29, 1.82) is 0 Å². The van der Waals surface area contributed by atoms with Gasteiger partial charge >= 0.3 is 5.76 Å². The molecule has 1 aromatic heterocycles. The lowest BCUT2D eigenvalue weighted by molar-refractivity contribution is 0.234. The summed E-state index contributed by atoms with van der Waals surface area (Å²) in [7, 11) is -4.56. The summed E-state index contributed by atoms with van der Waals surface area (Å²) in [5, 5.41) is 7.02. The van der Waals surface area contributed by atoms with E-state index in [1.807, 2.05) is 13.8 Å². The summed E-state index contributed by atoms with van der Waals surface area (Å²) in [6.45, 7) is 5.52. The molecule has 1 unspecified atom stereocenters. The Kier molecular flexibility index (Phi) is 4.50. The first-order valence-corrected chi connectivity index (χ1v) is 8.09. The van der Waals surface area contributed by atoms with Gasteiger partial charge in [-0.2, -0.15) is 8.78 Å². The van der Waals surface area contributed by atoms with Gasteiger partial charge in [-0.3, -0.25) is 0 Å². The van der Waals surface area contributed by atoms with Crippen molar-refractivity contribution >= 4 is 15.5 Å². The molecule has 1 heterocycles. The van der Waals surface area contributed by atoms with E-state index in [-0.39, 0.29) is 6.04 Å². The third-order valence-electron chi connectivity index (χ3n) is 3.32. The van der Waals surface area contributed by atoms with Gasteiger partial charge < -0.3 is 9.84 Å². The minimum Gasteiger partial charge on any atom is -0.378 e. The van der Waals surface area contributed by atoms with Gasteiger partial charge in [-0.25, -0.2) is 8.42 Å². The second kappa shape index (κ2) is 6.04. The van der Waals surface area contributed by atoms with Crippen LogP contribution in [0.3, 0.4) is 0 Å². The van der Waals surface area contributed by atoms with Crippen molar-refractivity contribution in [3.8, 4) is 0 Å². The van der Waals surface area contributed by atoms with Gasteiger partial charge in [-0.05, 0) is 45.0 Å². The molecule has 0 aliphatic carbocycles. The van der Waals surface area contributed by atoms with Gasteiger partial charge in [0.2, 0.25) is 9.84 Å². The Labute approximate surface area is 127 Å². The first-order valence-electron chi connectivity index (χ1n) is 6.55. The minimum absolute atomic E-state index is 0.121. The number of sulfone groups is 1. The summed E-state index contributed by atoms with van der Waals surface area (Å²) in [4.78, 5) is -0.405. The highest BCUT2D eigenvalue weighted by Gasteiger charge is 2.26. The number of hydrogen-bond acceptors (Lipinski definition) is 5. The van der Waals surface area contributed by atoms with Crippen LogP contribution in [0.15, 0.2) is 33.7 Å². The summed E-state index contributed by atoms with van der Waals surface area (Å²) in [6.07, 6.45) is 0. The molecule has 0 amide bonds. The monoisotopic (exact) mass is 330 g/mol. The van der Waals surface area contributed by atoms with Crippen molar-refractivity contribution in [1.82, 2.24) is 5.16 Å². The maximum absolute atomic E-state index is 12.5. The van der Waals surface area contributed by atoms with Crippen molar-refractivity contribution in [2.45, 2.75) is 37.5 Å². The van der Waals surface area contributed by atoms with Crippen molar-refractivity contribution in [3.05, 3.63) is 41.3 Å².